The second-order valence-corrected chi connectivity index (χ2v) is 4.74. The summed E-state index contributed by atoms with van der Waals surface area (Å²) < 4.78 is 0. The van der Waals surface area contributed by atoms with Gasteiger partial charge in [-0.15, -0.1) is 11.8 Å². The van der Waals surface area contributed by atoms with Crippen molar-refractivity contribution in [2.75, 3.05) is 5.75 Å². The number of carbonyl (C=O) groups is 1. The van der Waals surface area contributed by atoms with Gasteiger partial charge in [-0.25, -0.2) is 0 Å². The molecule has 0 atom stereocenters. The Hall–Kier alpha value is -0.960. The van der Waals surface area contributed by atoms with Crippen LogP contribution in [0, 0.1) is 6.92 Å². The lowest BCUT2D eigenvalue weighted by Gasteiger charge is -2.08. The minimum atomic E-state index is -0.732. The van der Waals surface area contributed by atoms with Crippen molar-refractivity contribution in [2.45, 2.75) is 31.6 Å². The Labute approximate surface area is 94.7 Å². The van der Waals surface area contributed by atoms with Gasteiger partial charge in [0.05, 0.1) is 0 Å². The Kier molecular flexibility index (Phi) is 4.69. The predicted molar refractivity (Wildman–Crippen MR) is 63.5 cm³/mol. The van der Waals surface area contributed by atoms with Gasteiger partial charge in [-0.3, -0.25) is 4.79 Å². The summed E-state index contributed by atoms with van der Waals surface area (Å²) in [5.41, 5.74) is 2.35. The Balaban J connectivity index is 2.81. The summed E-state index contributed by atoms with van der Waals surface area (Å²) in [6.07, 6.45) is 0.833. The molecule has 1 aromatic rings. The van der Waals surface area contributed by atoms with Gasteiger partial charge < -0.3 is 5.11 Å². The van der Waals surface area contributed by atoms with Crippen molar-refractivity contribution in [2.24, 2.45) is 0 Å². The van der Waals surface area contributed by atoms with Crippen LogP contribution in [0.3, 0.4) is 0 Å². The third-order valence-corrected chi connectivity index (χ3v) is 3.12. The number of aliphatic carboxylic acids is 1. The second-order valence-electron chi connectivity index (χ2n) is 3.44. The topological polar surface area (TPSA) is 37.3 Å². The second kappa shape index (κ2) is 5.81. The van der Waals surface area contributed by atoms with Crippen molar-refractivity contribution in [1.82, 2.24) is 0 Å². The molecule has 0 aliphatic rings. The summed E-state index contributed by atoms with van der Waals surface area (Å²) in [4.78, 5) is 11.7. The first-order chi connectivity index (χ1) is 7.13. The van der Waals surface area contributed by atoms with Crippen LogP contribution < -0.4 is 0 Å². The molecule has 0 amide bonds. The van der Waals surface area contributed by atoms with Crippen molar-refractivity contribution in [3.8, 4) is 0 Å². The summed E-state index contributed by atoms with van der Waals surface area (Å²) in [5, 5.41) is 8.66. The zero-order chi connectivity index (χ0) is 11.3. The zero-order valence-corrected chi connectivity index (χ0v) is 9.93. The summed E-state index contributed by atoms with van der Waals surface area (Å²) in [6, 6.07) is 6.24. The average molecular weight is 224 g/mol. The highest BCUT2D eigenvalue weighted by Gasteiger charge is 2.05. The lowest BCUT2D eigenvalue weighted by Crippen LogP contribution is -1.99. The standard InChI is InChI=1S/C12H16O2S/c1-3-15-11-6-4-9(2)8-10(11)5-7-12(13)14/h4,6,8H,3,5,7H2,1-2H3,(H,13,14). The van der Waals surface area contributed by atoms with E-state index < -0.39 is 5.97 Å². The van der Waals surface area contributed by atoms with Crippen molar-refractivity contribution in [3.05, 3.63) is 29.3 Å². The molecule has 0 saturated carbocycles. The number of carboxylic acids is 1. The van der Waals surface area contributed by atoms with Crippen LogP contribution in [0.2, 0.25) is 0 Å². The van der Waals surface area contributed by atoms with Gasteiger partial charge in [0.2, 0.25) is 0 Å². The predicted octanol–water partition coefficient (Wildman–Crippen LogP) is 3.12. The molecule has 0 fully saturated rings. The lowest BCUT2D eigenvalue weighted by atomic mass is 10.1. The van der Waals surface area contributed by atoms with Crippen LogP contribution in [0.25, 0.3) is 0 Å². The first kappa shape index (κ1) is 12.1. The first-order valence-corrected chi connectivity index (χ1v) is 6.06. The van der Waals surface area contributed by atoms with Gasteiger partial charge in [0.25, 0.3) is 0 Å². The first-order valence-electron chi connectivity index (χ1n) is 5.07. The van der Waals surface area contributed by atoms with E-state index in [1.807, 2.05) is 6.92 Å². The molecule has 0 radical (unpaired) electrons. The Bertz CT molecular complexity index is 347. The monoisotopic (exact) mass is 224 g/mol. The smallest absolute Gasteiger partial charge is 0.303 e. The maximum atomic E-state index is 10.5. The third-order valence-electron chi connectivity index (χ3n) is 2.12. The molecule has 0 aromatic heterocycles. The summed E-state index contributed by atoms with van der Waals surface area (Å²) >= 11 is 1.77. The molecule has 3 heteroatoms. The Morgan fingerprint density at radius 3 is 2.80 bits per heavy atom. The maximum Gasteiger partial charge on any atom is 0.303 e. The molecule has 2 nitrogen and oxygen atoms in total. The molecule has 0 spiro atoms. The van der Waals surface area contributed by atoms with Crippen LogP contribution in [0.15, 0.2) is 23.1 Å². The van der Waals surface area contributed by atoms with Gasteiger partial charge in [-0.2, -0.15) is 0 Å². The minimum absolute atomic E-state index is 0.209. The van der Waals surface area contributed by atoms with E-state index in [1.165, 1.54) is 10.5 Å². The molecule has 1 rings (SSSR count). The number of hydrogen-bond acceptors (Lipinski definition) is 2. The summed E-state index contributed by atoms with van der Waals surface area (Å²) in [6.45, 7) is 4.14. The van der Waals surface area contributed by atoms with Crippen LogP contribution in [0.1, 0.15) is 24.5 Å². The zero-order valence-electron chi connectivity index (χ0n) is 9.12. The fourth-order valence-corrected chi connectivity index (χ4v) is 2.26. The molecule has 0 bridgehead atoms. The van der Waals surface area contributed by atoms with E-state index >= 15 is 0 Å². The lowest BCUT2D eigenvalue weighted by molar-refractivity contribution is -0.136. The molecular weight excluding hydrogens is 208 g/mol. The number of thioether (sulfide) groups is 1. The van der Waals surface area contributed by atoms with E-state index in [9.17, 15) is 4.79 Å². The molecule has 15 heavy (non-hydrogen) atoms. The summed E-state index contributed by atoms with van der Waals surface area (Å²) in [7, 11) is 0. The maximum absolute atomic E-state index is 10.5. The molecule has 1 aromatic carbocycles. The third kappa shape index (κ3) is 3.96. The van der Waals surface area contributed by atoms with E-state index in [2.05, 4.69) is 25.1 Å². The van der Waals surface area contributed by atoms with Crippen LogP contribution in [0.5, 0.6) is 0 Å². The number of carboxylic acid groups (broad SMARTS) is 1. The van der Waals surface area contributed by atoms with E-state index in [0.717, 1.165) is 11.3 Å². The minimum Gasteiger partial charge on any atom is -0.481 e. The highest BCUT2D eigenvalue weighted by atomic mass is 32.2. The SMILES string of the molecule is CCSc1ccc(C)cc1CCC(=O)O. The summed E-state index contributed by atoms with van der Waals surface area (Å²) in [5.74, 6) is 0.285. The van der Waals surface area contributed by atoms with Crippen molar-refractivity contribution < 1.29 is 9.90 Å². The number of hydrogen-bond donors (Lipinski definition) is 1. The van der Waals surface area contributed by atoms with Gasteiger partial charge in [0.1, 0.15) is 0 Å². The number of rotatable bonds is 5. The van der Waals surface area contributed by atoms with Crippen LogP contribution in [-0.2, 0) is 11.2 Å². The Morgan fingerprint density at radius 2 is 2.20 bits per heavy atom. The van der Waals surface area contributed by atoms with Crippen molar-refractivity contribution >= 4 is 17.7 Å². The molecule has 0 heterocycles. The van der Waals surface area contributed by atoms with Crippen LogP contribution in [-0.4, -0.2) is 16.8 Å². The highest BCUT2D eigenvalue weighted by Crippen LogP contribution is 2.24. The molecule has 0 saturated heterocycles. The highest BCUT2D eigenvalue weighted by molar-refractivity contribution is 7.99. The molecule has 0 aliphatic carbocycles. The van der Waals surface area contributed by atoms with Gasteiger partial charge >= 0.3 is 5.97 Å². The van der Waals surface area contributed by atoms with E-state index in [-0.39, 0.29) is 6.42 Å². The quantitative estimate of drug-likeness (QED) is 0.781. The van der Waals surface area contributed by atoms with E-state index in [0.29, 0.717) is 6.42 Å². The van der Waals surface area contributed by atoms with E-state index in [4.69, 9.17) is 5.11 Å². The number of aryl methyl sites for hydroxylation is 2. The van der Waals surface area contributed by atoms with Crippen LogP contribution in [0.4, 0.5) is 0 Å². The molecule has 0 unspecified atom stereocenters. The van der Waals surface area contributed by atoms with Crippen LogP contribution >= 0.6 is 11.8 Å². The fourth-order valence-electron chi connectivity index (χ4n) is 1.44. The van der Waals surface area contributed by atoms with Gasteiger partial charge in [0.15, 0.2) is 0 Å². The molecule has 0 aliphatic heterocycles. The molecular formula is C12H16O2S. The number of benzene rings is 1. The largest absolute Gasteiger partial charge is 0.481 e. The molecule has 1 N–H and O–H groups in total. The fraction of sp³-hybridized carbons (Fsp3) is 0.417. The van der Waals surface area contributed by atoms with Crippen molar-refractivity contribution in [3.63, 3.8) is 0 Å². The van der Waals surface area contributed by atoms with E-state index in [1.54, 1.807) is 11.8 Å². The van der Waals surface area contributed by atoms with Gasteiger partial charge in [-0.05, 0) is 30.7 Å². The van der Waals surface area contributed by atoms with Gasteiger partial charge in [0, 0.05) is 11.3 Å². The molecule has 82 valence electrons. The van der Waals surface area contributed by atoms with Gasteiger partial charge in [-0.1, -0.05) is 24.6 Å². The normalized spacial score (nSPS) is 10.3. The average Bonchev–Trinajstić information content (AvgIpc) is 2.18. The Morgan fingerprint density at radius 1 is 1.47 bits per heavy atom. The van der Waals surface area contributed by atoms with Crippen molar-refractivity contribution in [1.29, 1.82) is 0 Å².